The Bertz CT molecular complexity index is 935. The molecular formula is C21H21ClN4O2. The van der Waals surface area contributed by atoms with Gasteiger partial charge in [0, 0.05) is 18.4 Å². The molecule has 3 rings (SSSR count). The van der Waals surface area contributed by atoms with Crippen LogP contribution in [0.3, 0.4) is 0 Å². The van der Waals surface area contributed by atoms with Gasteiger partial charge in [0.1, 0.15) is 11.4 Å². The van der Waals surface area contributed by atoms with Crippen LogP contribution in [0.25, 0.3) is 0 Å². The number of aromatic nitrogens is 2. The molecule has 0 bridgehead atoms. The summed E-state index contributed by atoms with van der Waals surface area (Å²) in [6, 6.07) is 16.9. The average Bonchev–Trinajstić information content (AvgIpc) is 2.72. The maximum Gasteiger partial charge on any atom is 0.274 e. The van der Waals surface area contributed by atoms with Crippen molar-refractivity contribution >= 4 is 29.1 Å². The van der Waals surface area contributed by atoms with E-state index in [0.29, 0.717) is 29.0 Å². The molecule has 144 valence electrons. The minimum Gasteiger partial charge on any atom is -0.495 e. The van der Waals surface area contributed by atoms with E-state index in [-0.39, 0.29) is 11.6 Å². The Morgan fingerprint density at radius 1 is 1.14 bits per heavy atom. The molecule has 0 spiro atoms. The van der Waals surface area contributed by atoms with Crippen molar-refractivity contribution in [2.24, 2.45) is 0 Å². The number of hydrogen-bond acceptors (Lipinski definition) is 5. The van der Waals surface area contributed by atoms with Crippen LogP contribution in [0.2, 0.25) is 5.02 Å². The van der Waals surface area contributed by atoms with E-state index >= 15 is 0 Å². The smallest absolute Gasteiger partial charge is 0.274 e. The molecule has 0 atom stereocenters. The predicted molar refractivity (Wildman–Crippen MR) is 111 cm³/mol. The van der Waals surface area contributed by atoms with Crippen LogP contribution in [0.1, 0.15) is 22.5 Å². The Labute approximate surface area is 168 Å². The molecule has 1 amide bonds. The lowest BCUT2D eigenvalue weighted by Crippen LogP contribution is -2.15. The van der Waals surface area contributed by atoms with E-state index in [9.17, 15) is 4.79 Å². The topological polar surface area (TPSA) is 76.1 Å². The molecule has 0 aliphatic rings. The molecule has 1 aromatic heterocycles. The quantitative estimate of drug-likeness (QED) is 0.550. The molecule has 0 saturated heterocycles. The van der Waals surface area contributed by atoms with E-state index in [0.717, 1.165) is 12.8 Å². The van der Waals surface area contributed by atoms with Crippen LogP contribution in [0.4, 0.5) is 11.6 Å². The van der Waals surface area contributed by atoms with Crippen molar-refractivity contribution in [2.45, 2.75) is 12.8 Å². The van der Waals surface area contributed by atoms with Crippen molar-refractivity contribution in [2.75, 3.05) is 24.3 Å². The minimum atomic E-state index is -0.337. The monoisotopic (exact) mass is 396 g/mol. The van der Waals surface area contributed by atoms with Crippen molar-refractivity contribution in [3.8, 4) is 5.75 Å². The largest absolute Gasteiger partial charge is 0.495 e. The van der Waals surface area contributed by atoms with Crippen LogP contribution in [-0.4, -0.2) is 29.5 Å². The molecule has 2 N–H and O–H groups in total. The number of benzene rings is 2. The highest BCUT2D eigenvalue weighted by atomic mass is 35.5. The second kappa shape index (κ2) is 9.71. The van der Waals surface area contributed by atoms with E-state index in [4.69, 9.17) is 16.3 Å². The number of carbonyl (C=O) groups excluding carboxylic acids is 1. The Morgan fingerprint density at radius 2 is 1.96 bits per heavy atom. The molecule has 0 fully saturated rings. The lowest BCUT2D eigenvalue weighted by Gasteiger charge is -2.09. The average molecular weight is 397 g/mol. The lowest BCUT2D eigenvalue weighted by molar-refractivity contribution is 0.102. The molecule has 6 nitrogen and oxygen atoms in total. The highest BCUT2D eigenvalue weighted by Gasteiger charge is 2.10. The van der Waals surface area contributed by atoms with Gasteiger partial charge in [-0.3, -0.25) is 4.79 Å². The molecule has 0 aliphatic carbocycles. The van der Waals surface area contributed by atoms with Crippen molar-refractivity contribution < 1.29 is 9.53 Å². The third-order valence-electron chi connectivity index (χ3n) is 4.07. The zero-order chi connectivity index (χ0) is 19.8. The van der Waals surface area contributed by atoms with E-state index in [1.54, 1.807) is 30.5 Å². The molecule has 2 aromatic carbocycles. The maximum atomic E-state index is 12.4. The number of carbonyl (C=O) groups is 1. The fourth-order valence-electron chi connectivity index (χ4n) is 2.65. The van der Waals surface area contributed by atoms with Crippen LogP contribution in [0.15, 0.2) is 60.8 Å². The predicted octanol–water partition coefficient (Wildman–Crippen LogP) is 4.44. The number of ether oxygens (including phenoxy) is 1. The number of hydrogen-bond donors (Lipinski definition) is 2. The van der Waals surface area contributed by atoms with E-state index in [1.807, 2.05) is 18.2 Å². The number of nitrogens with one attached hydrogen (secondary N) is 2. The number of halogens is 1. The molecule has 0 radical (unpaired) electrons. The van der Waals surface area contributed by atoms with Crippen molar-refractivity contribution in [1.29, 1.82) is 0 Å². The normalized spacial score (nSPS) is 10.4. The van der Waals surface area contributed by atoms with Crippen LogP contribution < -0.4 is 15.4 Å². The van der Waals surface area contributed by atoms with E-state index in [1.165, 1.54) is 12.7 Å². The number of amides is 1. The Kier molecular flexibility index (Phi) is 6.81. The first-order valence-corrected chi connectivity index (χ1v) is 9.29. The SMILES string of the molecule is COc1ccc(NC(=O)c2ccnc(NCCCc3ccccc3)n2)cc1Cl. The zero-order valence-electron chi connectivity index (χ0n) is 15.5. The van der Waals surface area contributed by atoms with Crippen LogP contribution in [0, 0.1) is 0 Å². The minimum absolute atomic E-state index is 0.271. The van der Waals surface area contributed by atoms with Gasteiger partial charge >= 0.3 is 0 Å². The highest BCUT2D eigenvalue weighted by molar-refractivity contribution is 6.32. The van der Waals surface area contributed by atoms with Gasteiger partial charge in [0.25, 0.3) is 5.91 Å². The second-order valence-electron chi connectivity index (χ2n) is 6.08. The number of aryl methyl sites for hydroxylation is 1. The lowest BCUT2D eigenvalue weighted by atomic mass is 10.1. The van der Waals surface area contributed by atoms with Crippen LogP contribution in [0.5, 0.6) is 5.75 Å². The van der Waals surface area contributed by atoms with Gasteiger partial charge in [-0.1, -0.05) is 41.9 Å². The summed E-state index contributed by atoms with van der Waals surface area (Å²) in [5.41, 5.74) is 2.12. The summed E-state index contributed by atoms with van der Waals surface area (Å²) in [4.78, 5) is 20.9. The van der Waals surface area contributed by atoms with Crippen LogP contribution in [-0.2, 0) is 6.42 Å². The van der Waals surface area contributed by atoms with Crippen molar-refractivity contribution in [3.63, 3.8) is 0 Å². The number of rotatable bonds is 8. The van der Waals surface area contributed by atoms with Gasteiger partial charge in [0.05, 0.1) is 12.1 Å². The van der Waals surface area contributed by atoms with Crippen LogP contribution >= 0.6 is 11.6 Å². The van der Waals surface area contributed by atoms with Gasteiger partial charge in [-0.25, -0.2) is 9.97 Å². The van der Waals surface area contributed by atoms with Gasteiger partial charge in [0.15, 0.2) is 0 Å². The number of nitrogens with zero attached hydrogens (tertiary/aromatic N) is 2. The third-order valence-corrected chi connectivity index (χ3v) is 4.36. The molecule has 0 aliphatic heterocycles. The Balaban J connectivity index is 1.54. The molecule has 0 unspecified atom stereocenters. The molecule has 3 aromatic rings. The first-order valence-electron chi connectivity index (χ1n) is 8.91. The zero-order valence-corrected chi connectivity index (χ0v) is 16.2. The van der Waals surface area contributed by atoms with E-state index < -0.39 is 0 Å². The summed E-state index contributed by atoms with van der Waals surface area (Å²) in [5.74, 6) is 0.633. The first kappa shape index (κ1) is 19.6. The summed E-state index contributed by atoms with van der Waals surface area (Å²) in [6.45, 7) is 0.716. The molecular weight excluding hydrogens is 376 g/mol. The van der Waals surface area contributed by atoms with Gasteiger partial charge in [-0.15, -0.1) is 0 Å². The fraction of sp³-hybridized carbons (Fsp3) is 0.190. The Morgan fingerprint density at radius 3 is 2.71 bits per heavy atom. The second-order valence-corrected chi connectivity index (χ2v) is 6.49. The van der Waals surface area contributed by atoms with Gasteiger partial charge in [-0.2, -0.15) is 0 Å². The molecule has 28 heavy (non-hydrogen) atoms. The molecule has 1 heterocycles. The molecule has 0 saturated carbocycles. The summed E-state index contributed by atoms with van der Waals surface area (Å²) < 4.78 is 5.11. The first-order chi connectivity index (χ1) is 13.7. The highest BCUT2D eigenvalue weighted by Crippen LogP contribution is 2.27. The van der Waals surface area contributed by atoms with Gasteiger partial charge in [-0.05, 0) is 42.7 Å². The van der Waals surface area contributed by atoms with E-state index in [2.05, 4.69) is 32.7 Å². The maximum absolute atomic E-state index is 12.4. The number of methoxy groups -OCH3 is 1. The summed E-state index contributed by atoms with van der Waals surface area (Å²) in [5, 5.41) is 6.35. The van der Waals surface area contributed by atoms with Crippen molar-refractivity contribution in [3.05, 3.63) is 77.1 Å². The number of anilines is 2. The fourth-order valence-corrected chi connectivity index (χ4v) is 2.90. The van der Waals surface area contributed by atoms with Crippen molar-refractivity contribution in [1.82, 2.24) is 9.97 Å². The summed E-state index contributed by atoms with van der Waals surface area (Å²) in [6.07, 6.45) is 3.46. The van der Waals surface area contributed by atoms with Gasteiger partial charge in [0.2, 0.25) is 5.95 Å². The Hall–Kier alpha value is -3.12. The molecule has 7 heteroatoms. The van der Waals surface area contributed by atoms with Gasteiger partial charge < -0.3 is 15.4 Å². The summed E-state index contributed by atoms with van der Waals surface area (Å²) in [7, 11) is 1.54. The standard InChI is InChI=1S/C21H21ClN4O2/c1-28-19-10-9-16(14-17(19)22)25-20(27)18-11-13-24-21(26-18)23-12-5-8-15-6-3-2-4-7-15/h2-4,6-7,9-11,13-14H,5,8,12H2,1H3,(H,25,27)(H,23,24,26). The summed E-state index contributed by atoms with van der Waals surface area (Å²) >= 11 is 6.09. The third kappa shape index (κ3) is 5.44.